The Balaban J connectivity index is 1.45. The van der Waals surface area contributed by atoms with Crippen LogP contribution in [0.15, 0.2) is 66.0 Å². The maximum absolute atomic E-state index is 14.6. The van der Waals surface area contributed by atoms with E-state index in [2.05, 4.69) is 15.6 Å². The van der Waals surface area contributed by atoms with Crippen molar-refractivity contribution in [2.45, 2.75) is 59.2 Å². The number of nitrogens with zero attached hydrogens (tertiary/aromatic N) is 3. The molecule has 3 heterocycles. The molecule has 2 N–H and O–H groups in total. The minimum Gasteiger partial charge on any atom is -0.448 e. The predicted octanol–water partition coefficient (Wildman–Crippen LogP) is 5.88. The first-order valence-corrected chi connectivity index (χ1v) is 15.8. The monoisotopic (exact) mass is 603 g/mol. The summed E-state index contributed by atoms with van der Waals surface area (Å²) in [6, 6.07) is 18.6. The Kier molecular flexibility index (Phi) is 9.19. The normalized spacial score (nSPS) is 18.7. The van der Waals surface area contributed by atoms with Crippen molar-refractivity contribution in [3.05, 3.63) is 82.7 Å². The molecule has 1 atom stereocenters. The van der Waals surface area contributed by atoms with Crippen LogP contribution in [0.25, 0.3) is 0 Å². The summed E-state index contributed by atoms with van der Waals surface area (Å²) in [5.41, 5.74) is 3.80. The van der Waals surface area contributed by atoms with Gasteiger partial charge in [0.1, 0.15) is 5.00 Å². The number of likely N-dealkylation sites (tertiary alicyclic amines) is 1. The number of likely N-dealkylation sites (N-methyl/N-ethyl adjacent to an activating group) is 1. The molecule has 228 valence electrons. The molecule has 1 fully saturated rings. The van der Waals surface area contributed by atoms with E-state index in [1.807, 2.05) is 70.2 Å². The van der Waals surface area contributed by atoms with E-state index in [1.165, 1.54) is 35.6 Å². The smallest absolute Gasteiger partial charge is 0.429 e. The van der Waals surface area contributed by atoms with E-state index < -0.39 is 23.6 Å². The fourth-order valence-electron chi connectivity index (χ4n) is 5.46. The third-order valence-electron chi connectivity index (χ3n) is 7.66. The van der Waals surface area contributed by atoms with Crippen LogP contribution in [0, 0.1) is 5.41 Å². The third-order valence-corrected chi connectivity index (χ3v) is 8.56. The minimum absolute atomic E-state index is 0.187. The number of thiophene rings is 1. The Morgan fingerprint density at radius 2 is 1.70 bits per heavy atom. The van der Waals surface area contributed by atoms with E-state index >= 15 is 0 Å². The van der Waals surface area contributed by atoms with Crippen LogP contribution in [0.2, 0.25) is 0 Å². The molecule has 0 radical (unpaired) electrons. The van der Waals surface area contributed by atoms with Gasteiger partial charge in [-0.25, -0.2) is 4.79 Å². The number of carbonyl (C=O) groups excluding carboxylic acids is 3. The van der Waals surface area contributed by atoms with E-state index in [1.54, 1.807) is 28.5 Å². The average Bonchev–Trinajstić information content (AvgIpc) is 3.60. The average molecular weight is 604 g/mol. The second kappa shape index (κ2) is 12.9. The number of rotatable bonds is 8. The molecule has 3 amide bonds. The zero-order chi connectivity index (χ0) is 30.6. The Labute approximate surface area is 257 Å². The summed E-state index contributed by atoms with van der Waals surface area (Å²) in [5.74, 6) is -0.849. The fraction of sp³-hybridized carbons (Fsp3) is 0.424. The van der Waals surface area contributed by atoms with Crippen molar-refractivity contribution in [2.24, 2.45) is 5.41 Å². The Morgan fingerprint density at radius 1 is 1.00 bits per heavy atom. The molecular formula is C33H41N5O4S. The Bertz CT molecular complexity index is 1430. The summed E-state index contributed by atoms with van der Waals surface area (Å²) in [5, 5.41) is 6.54. The van der Waals surface area contributed by atoms with Crippen LogP contribution >= 0.6 is 11.3 Å². The maximum atomic E-state index is 14.6. The van der Waals surface area contributed by atoms with Gasteiger partial charge in [0.05, 0.1) is 6.61 Å². The van der Waals surface area contributed by atoms with Crippen molar-refractivity contribution in [2.75, 3.05) is 36.1 Å². The second-order valence-electron chi connectivity index (χ2n) is 12.3. The van der Waals surface area contributed by atoms with Crippen molar-refractivity contribution in [1.29, 1.82) is 0 Å². The first-order valence-electron chi connectivity index (χ1n) is 14.9. The highest BCUT2D eigenvalue weighted by atomic mass is 32.1. The van der Waals surface area contributed by atoms with Crippen LogP contribution in [-0.2, 0) is 21.7 Å². The van der Waals surface area contributed by atoms with Crippen LogP contribution in [-0.4, -0.2) is 49.0 Å². The van der Waals surface area contributed by atoms with Crippen molar-refractivity contribution in [1.82, 2.24) is 15.6 Å². The largest absolute Gasteiger partial charge is 0.448 e. The number of nitrogens with one attached hydrogen (secondary N) is 2. The summed E-state index contributed by atoms with van der Waals surface area (Å²) in [4.78, 5) is 45.8. The topological polar surface area (TPSA) is 94.2 Å². The molecular weight excluding hydrogens is 562 g/mol. The molecule has 1 aromatic heterocycles. The molecule has 43 heavy (non-hydrogen) atoms. The molecule has 0 bridgehead atoms. The number of hydrogen-bond donors (Lipinski definition) is 2. The standard InChI is InChI=1S/C33H41N5O4S/c1-5-37(26-12-8-6-9-13-26)30(40)33(27-18-21-43-29(27)38(35-33)31(41)42-23-32(2,3)4)34-28(39)25-16-14-24(15-17-25)22-36-19-10-7-11-20-36/h6,8-9,12-18,21,35H,5,7,10-11,19-20,22-23H2,1-4H3,(H,34,39). The van der Waals surface area contributed by atoms with Crippen LogP contribution < -0.4 is 20.7 Å². The summed E-state index contributed by atoms with van der Waals surface area (Å²) < 4.78 is 5.62. The summed E-state index contributed by atoms with van der Waals surface area (Å²) in [6.45, 7) is 11.3. The number of ether oxygens (including phenoxy) is 1. The lowest BCUT2D eigenvalue weighted by Crippen LogP contribution is -2.66. The molecule has 0 saturated carbocycles. The SMILES string of the molecule is CCN(C(=O)C1(NC(=O)c2ccc(CN3CCCCC3)cc2)NN(C(=O)OCC(C)(C)C)c2sccc21)c1ccccc1. The molecule has 2 aliphatic rings. The molecule has 9 nitrogen and oxygen atoms in total. The van der Waals surface area contributed by atoms with Gasteiger partial charge in [-0.3, -0.25) is 14.5 Å². The van der Waals surface area contributed by atoms with Gasteiger partial charge in [0.2, 0.25) is 5.66 Å². The van der Waals surface area contributed by atoms with E-state index in [9.17, 15) is 14.4 Å². The van der Waals surface area contributed by atoms with Gasteiger partial charge in [-0.15, -0.1) is 11.3 Å². The number of fused-ring (bicyclic) bond motifs is 1. The summed E-state index contributed by atoms with van der Waals surface area (Å²) in [6.07, 6.45) is 3.06. The first kappa shape index (κ1) is 30.7. The van der Waals surface area contributed by atoms with Gasteiger partial charge in [-0.1, -0.05) is 57.5 Å². The van der Waals surface area contributed by atoms with Gasteiger partial charge < -0.3 is 15.0 Å². The zero-order valence-corrected chi connectivity index (χ0v) is 26.2. The molecule has 3 aromatic rings. The van der Waals surface area contributed by atoms with E-state index in [0.29, 0.717) is 28.4 Å². The molecule has 0 spiro atoms. The van der Waals surface area contributed by atoms with Crippen molar-refractivity contribution >= 4 is 39.9 Å². The number of piperidine rings is 1. The highest BCUT2D eigenvalue weighted by molar-refractivity contribution is 7.14. The van der Waals surface area contributed by atoms with Gasteiger partial charge >= 0.3 is 6.09 Å². The lowest BCUT2D eigenvalue weighted by atomic mass is 9.99. The maximum Gasteiger partial charge on any atom is 0.429 e. The fourth-order valence-corrected chi connectivity index (χ4v) is 6.36. The van der Waals surface area contributed by atoms with Crippen LogP contribution in [0.1, 0.15) is 68.4 Å². The number of carbonyl (C=O) groups is 3. The van der Waals surface area contributed by atoms with Gasteiger partial charge in [-0.05, 0) is 79.5 Å². The van der Waals surface area contributed by atoms with Gasteiger partial charge in [0.25, 0.3) is 11.8 Å². The van der Waals surface area contributed by atoms with Crippen LogP contribution in [0.4, 0.5) is 15.5 Å². The Morgan fingerprint density at radius 3 is 2.35 bits per heavy atom. The number of benzene rings is 2. The van der Waals surface area contributed by atoms with Crippen LogP contribution in [0.3, 0.4) is 0 Å². The quantitative estimate of drug-likeness (QED) is 0.334. The minimum atomic E-state index is -1.74. The summed E-state index contributed by atoms with van der Waals surface area (Å²) in [7, 11) is 0. The number of amides is 3. The van der Waals surface area contributed by atoms with E-state index in [4.69, 9.17) is 4.74 Å². The number of para-hydroxylation sites is 1. The highest BCUT2D eigenvalue weighted by Gasteiger charge is 2.54. The number of anilines is 2. The number of hydrazine groups is 1. The molecule has 2 aromatic carbocycles. The second-order valence-corrected chi connectivity index (χ2v) is 13.2. The lowest BCUT2D eigenvalue weighted by molar-refractivity contribution is -0.126. The molecule has 2 aliphatic heterocycles. The highest BCUT2D eigenvalue weighted by Crippen LogP contribution is 2.42. The van der Waals surface area contributed by atoms with Crippen molar-refractivity contribution < 1.29 is 19.1 Å². The van der Waals surface area contributed by atoms with Gasteiger partial charge in [-0.2, -0.15) is 10.4 Å². The Hall–Kier alpha value is -3.73. The van der Waals surface area contributed by atoms with Gasteiger partial charge in [0, 0.05) is 29.9 Å². The zero-order valence-electron chi connectivity index (χ0n) is 25.4. The molecule has 10 heteroatoms. The lowest BCUT2D eigenvalue weighted by Gasteiger charge is -2.35. The third kappa shape index (κ3) is 6.76. The summed E-state index contributed by atoms with van der Waals surface area (Å²) >= 11 is 1.29. The first-order chi connectivity index (χ1) is 20.6. The van der Waals surface area contributed by atoms with Crippen molar-refractivity contribution in [3.63, 3.8) is 0 Å². The van der Waals surface area contributed by atoms with Crippen molar-refractivity contribution in [3.8, 4) is 0 Å². The molecule has 1 saturated heterocycles. The van der Waals surface area contributed by atoms with E-state index in [0.717, 1.165) is 25.2 Å². The van der Waals surface area contributed by atoms with E-state index in [-0.39, 0.29) is 12.0 Å². The molecule has 0 aliphatic carbocycles. The number of hydrogen-bond acceptors (Lipinski definition) is 7. The van der Waals surface area contributed by atoms with Crippen LogP contribution in [0.5, 0.6) is 0 Å². The predicted molar refractivity (Wildman–Crippen MR) is 170 cm³/mol. The molecule has 1 unspecified atom stereocenters. The molecule has 5 rings (SSSR count). The van der Waals surface area contributed by atoms with Gasteiger partial charge in [0.15, 0.2) is 0 Å².